The number of fused-ring (bicyclic) bond motifs is 1. The molecule has 1 saturated heterocycles. The number of thiazole rings is 1. The minimum absolute atomic E-state index is 0.136. The van der Waals surface area contributed by atoms with Crippen LogP contribution in [0.5, 0.6) is 0 Å². The number of nitrogens with zero attached hydrogens (tertiary/aromatic N) is 5. The van der Waals surface area contributed by atoms with E-state index >= 15 is 0 Å². The zero-order valence-corrected chi connectivity index (χ0v) is 25.2. The molecule has 1 unspecified atom stereocenters. The van der Waals surface area contributed by atoms with Crippen LogP contribution in [0.25, 0.3) is 11.0 Å². The van der Waals surface area contributed by atoms with Gasteiger partial charge in [-0.05, 0) is 49.6 Å². The predicted octanol–water partition coefficient (Wildman–Crippen LogP) is 4.22. The van der Waals surface area contributed by atoms with Crippen molar-refractivity contribution in [1.29, 1.82) is 0 Å². The summed E-state index contributed by atoms with van der Waals surface area (Å²) in [6, 6.07) is 15.9. The molecule has 4 aromatic rings. The third kappa shape index (κ3) is 6.62. The van der Waals surface area contributed by atoms with Crippen molar-refractivity contribution in [3.8, 4) is 0 Å². The van der Waals surface area contributed by atoms with Crippen LogP contribution in [0.2, 0.25) is 0 Å². The Bertz CT molecular complexity index is 1600. The van der Waals surface area contributed by atoms with E-state index in [2.05, 4.69) is 25.9 Å². The molecule has 1 N–H and O–H groups in total. The maximum absolute atomic E-state index is 13.6. The summed E-state index contributed by atoms with van der Waals surface area (Å²) < 4.78 is 7.50. The lowest BCUT2D eigenvalue weighted by Gasteiger charge is -2.29. The van der Waals surface area contributed by atoms with Crippen LogP contribution < -0.4 is 10.2 Å². The van der Waals surface area contributed by atoms with Crippen molar-refractivity contribution in [3.05, 3.63) is 76.0 Å². The van der Waals surface area contributed by atoms with Crippen molar-refractivity contribution < 1.29 is 19.1 Å². The van der Waals surface area contributed by atoms with Gasteiger partial charge >= 0.3 is 5.97 Å². The smallest absolute Gasteiger partial charge is 0.303 e. The summed E-state index contributed by atoms with van der Waals surface area (Å²) >= 11 is 1.46. The Kier molecular flexibility index (Phi) is 8.86. The molecule has 0 spiro atoms. The Balaban J connectivity index is 1.21. The zero-order chi connectivity index (χ0) is 29.8. The number of hydrogen-bond donors (Lipinski definition) is 1. The van der Waals surface area contributed by atoms with Gasteiger partial charge in [0.1, 0.15) is 10.8 Å². The van der Waals surface area contributed by atoms with Crippen LogP contribution in [0.4, 0.5) is 5.69 Å². The quantitative estimate of drug-likeness (QED) is 0.276. The van der Waals surface area contributed by atoms with Crippen LogP contribution in [0.1, 0.15) is 54.3 Å². The summed E-state index contributed by atoms with van der Waals surface area (Å²) in [6.45, 7) is 4.57. The molecule has 0 bridgehead atoms. The van der Waals surface area contributed by atoms with Crippen LogP contribution >= 0.6 is 11.3 Å². The van der Waals surface area contributed by atoms with Crippen molar-refractivity contribution in [1.82, 2.24) is 24.8 Å². The van der Waals surface area contributed by atoms with Gasteiger partial charge in [-0.25, -0.2) is 9.97 Å². The first-order chi connectivity index (χ1) is 20.2. The van der Waals surface area contributed by atoms with Crippen LogP contribution in [0, 0.1) is 6.92 Å². The summed E-state index contributed by atoms with van der Waals surface area (Å²) in [5.41, 5.74) is 4.93. The summed E-state index contributed by atoms with van der Waals surface area (Å²) in [4.78, 5) is 51.5. The molecule has 5 rings (SSSR count). The lowest BCUT2D eigenvalue weighted by atomic mass is 10.0. The Morgan fingerprint density at radius 1 is 1.14 bits per heavy atom. The molecule has 2 aromatic carbocycles. The standard InChI is InChI=1S/C31H36N6O4S/c1-20-33-25-11-5-6-12-27(25)37(20)18-23-19-42-30(34-23)17-32-29(39)16-28(41-21(2)38)31(40)36-14-8-13-26(36)22-9-7-10-24(15-22)35(3)4/h5-7,9-12,15,19,26,28H,8,13-14,16-18H2,1-4H3,(H,32,39)/t26?,28-/m1/s1. The van der Waals surface area contributed by atoms with E-state index in [1.165, 1.54) is 18.3 Å². The first-order valence-electron chi connectivity index (χ1n) is 14.1. The molecule has 0 aliphatic carbocycles. The molecule has 0 radical (unpaired) electrons. The van der Waals surface area contributed by atoms with E-state index in [9.17, 15) is 14.4 Å². The average molecular weight is 589 g/mol. The molecule has 1 aliphatic rings. The number of carbonyl (C=O) groups is 3. The highest BCUT2D eigenvalue weighted by Gasteiger charge is 2.36. The van der Waals surface area contributed by atoms with E-state index in [0.717, 1.165) is 51.7 Å². The highest BCUT2D eigenvalue weighted by atomic mass is 32.1. The van der Waals surface area contributed by atoms with E-state index in [1.807, 2.05) is 73.8 Å². The third-order valence-electron chi connectivity index (χ3n) is 7.46. The average Bonchev–Trinajstić information content (AvgIpc) is 3.70. The number of rotatable bonds is 10. The van der Waals surface area contributed by atoms with Crippen LogP contribution in [0.15, 0.2) is 53.9 Å². The number of carbonyl (C=O) groups excluding carboxylic acids is 3. The molecule has 3 heterocycles. The van der Waals surface area contributed by atoms with Crippen molar-refractivity contribution in [2.24, 2.45) is 0 Å². The number of benzene rings is 2. The van der Waals surface area contributed by atoms with Crippen molar-refractivity contribution in [2.75, 3.05) is 25.5 Å². The van der Waals surface area contributed by atoms with Gasteiger partial charge in [0, 0.05) is 38.6 Å². The normalized spacial score (nSPS) is 15.5. The van der Waals surface area contributed by atoms with Gasteiger partial charge in [0.2, 0.25) is 5.91 Å². The van der Waals surface area contributed by atoms with Gasteiger partial charge in [0.05, 0.1) is 42.3 Å². The Morgan fingerprint density at radius 2 is 1.95 bits per heavy atom. The number of para-hydroxylation sites is 2. The molecule has 11 heteroatoms. The molecule has 10 nitrogen and oxygen atoms in total. The highest BCUT2D eigenvalue weighted by molar-refractivity contribution is 7.09. The number of nitrogens with one attached hydrogen (secondary N) is 1. The Hall–Kier alpha value is -4.25. The number of amides is 2. The fraction of sp³-hybridized carbons (Fsp3) is 0.387. The Labute approximate surface area is 249 Å². The number of anilines is 1. The second-order valence-corrected chi connectivity index (χ2v) is 11.7. The lowest BCUT2D eigenvalue weighted by molar-refractivity contribution is -0.160. The molecule has 2 amide bonds. The van der Waals surface area contributed by atoms with E-state index in [0.29, 0.717) is 13.1 Å². The molecule has 220 valence electrons. The topological polar surface area (TPSA) is 110 Å². The highest BCUT2D eigenvalue weighted by Crippen LogP contribution is 2.34. The molecule has 2 aromatic heterocycles. The number of imidazole rings is 1. The SMILES string of the molecule is CC(=O)O[C@H](CC(=O)NCc1nc(Cn2c(C)nc3ccccc32)cs1)C(=O)N1CCCC1c1cccc(N(C)C)c1. The number of likely N-dealkylation sites (tertiary alicyclic amines) is 1. The Morgan fingerprint density at radius 3 is 2.74 bits per heavy atom. The molecule has 0 saturated carbocycles. The lowest BCUT2D eigenvalue weighted by Crippen LogP contribution is -2.43. The van der Waals surface area contributed by atoms with Crippen molar-refractivity contribution in [2.45, 2.75) is 58.3 Å². The number of esters is 1. The fourth-order valence-corrected chi connectivity index (χ4v) is 6.15. The summed E-state index contributed by atoms with van der Waals surface area (Å²) in [6.07, 6.45) is 0.201. The molecule has 2 atom stereocenters. The van der Waals surface area contributed by atoms with Crippen molar-refractivity contribution >= 4 is 45.8 Å². The first-order valence-corrected chi connectivity index (χ1v) is 14.9. The second-order valence-electron chi connectivity index (χ2n) is 10.7. The van der Waals surface area contributed by atoms with Crippen LogP contribution in [-0.2, 0) is 32.2 Å². The second kappa shape index (κ2) is 12.7. The molecule has 1 fully saturated rings. The van der Waals surface area contributed by atoms with Crippen LogP contribution in [-0.4, -0.2) is 64.0 Å². The van der Waals surface area contributed by atoms with Gasteiger partial charge in [0.25, 0.3) is 5.91 Å². The van der Waals surface area contributed by atoms with Crippen molar-refractivity contribution in [3.63, 3.8) is 0 Å². The van der Waals surface area contributed by atoms with Gasteiger partial charge in [-0.15, -0.1) is 11.3 Å². The van der Waals surface area contributed by atoms with Gasteiger partial charge in [-0.3, -0.25) is 14.4 Å². The summed E-state index contributed by atoms with van der Waals surface area (Å²) in [5, 5.41) is 5.56. The summed E-state index contributed by atoms with van der Waals surface area (Å²) in [5.74, 6) is -0.421. The number of aryl methyl sites for hydroxylation is 1. The van der Waals surface area contributed by atoms with E-state index in [1.54, 1.807) is 4.90 Å². The zero-order valence-electron chi connectivity index (χ0n) is 24.4. The maximum atomic E-state index is 13.6. The van der Waals surface area contributed by atoms with Crippen LogP contribution in [0.3, 0.4) is 0 Å². The largest absolute Gasteiger partial charge is 0.452 e. The van der Waals surface area contributed by atoms with E-state index < -0.39 is 12.1 Å². The fourth-order valence-electron chi connectivity index (χ4n) is 5.43. The number of hydrogen-bond acceptors (Lipinski definition) is 8. The minimum atomic E-state index is -1.19. The third-order valence-corrected chi connectivity index (χ3v) is 8.36. The first kappa shape index (κ1) is 29.2. The number of ether oxygens (including phenoxy) is 1. The molecular formula is C31H36N6O4S. The van der Waals surface area contributed by atoms with E-state index in [4.69, 9.17) is 4.74 Å². The minimum Gasteiger partial charge on any atom is -0.452 e. The monoisotopic (exact) mass is 588 g/mol. The molecule has 42 heavy (non-hydrogen) atoms. The van der Waals surface area contributed by atoms with E-state index in [-0.39, 0.29) is 30.8 Å². The number of aromatic nitrogens is 3. The van der Waals surface area contributed by atoms with Gasteiger partial charge in [-0.1, -0.05) is 24.3 Å². The molecular weight excluding hydrogens is 552 g/mol. The molecule has 1 aliphatic heterocycles. The van der Waals surface area contributed by atoms with Gasteiger partial charge in [-0.2, -0.15) is 0 Å². The van der Waals surface area contributed by atoms with Gasteiger partial charge in [0.15, 0.2) is 6.10 Å². The summed E-state index contributed by atoms with van der Waals surface area (Å²) in [7, 11) is 3.95. The van der Waals surface area contributed by atoms with Gasteiger partial charge < -0.3 is 24.4 Å². The maximum Gasteiger partial charge on any atom is 0.303 e. The predicted molar refractivity (Wildman–Crippen MR) is 162 cm³/mol.